The highest BCUT2D eigenvalue weighted by atomic mass is 28.3. The average Bonchev–Trinajstić information content (AvgIpc) is 3.30. The number of H-pyrrole nitrogens is 1. The predicted molar refractivity (Wildman–Crippen MR) is 154 cm³/mol. The molecule has 1 N–H and O–H groups in total. The van der Waals surface area contributed by atoms with Crippen LogP contribution in [-0.2, 0) is 9.47 Å². The number of hydrogen-bond donors (Lipinski definition) is 1. The van der Waals surface area contributed by atoms with Crippen molar-refractivity contribution in [1.82, 2.24) is 15.0 Å². The molecule has 1 aliphatic rings. The summed E-state index contributed by atoms with van der Waals surface area (Å²) in [7, 11) is -1.89. The summed E-state index contributed by atoms with van der Waals surface area (Å²) >= 11 is 0. The maximum atomic E-state index is 13.3. The molecule has 0 bridgehead atoms. The van der Waals surface area contributed by atoms with Crippen LogP contribution in [0.15, 0.2) is 23.1 Å². The minimum absolute atomic E-state index is 0.0696. The minimum Gasteiger partial charge on any atom is -0.443 e. The first kappa shape index (κ1) is 30.1. The van der Waals surface area contributed by atoms with Crippen LogP contribution >= 0.6 is 0 Å². The van der Waals surface area contributed by atoms with Gasteiger partial charge in [0.1, 0.15) is 19.3 Å². The molecule has 210 valence electrons. The Morgan fingerprint density at radius 1 is 1.00 bits per heavy atom. The van der Waals surface area contributed by atoms with Crippen molar-refractivity contribution in [2.45, 2.75) is 104 Å². The summed E-state index contributed by atoms with van der Waals surface area (Å²) in [5.74, 6) is 3.23. The standard InChI is InChI=1S/C29H40N4O5Si/c1-28(2,3)37-26(35)33(27(36)38-29(4,5)6)25-21(16-17-39(7,8)9)31-22(18-30-25)20-14-15-23(34)32-24(20)19-12-10-11-13-19/h14-15,18-19H,10-13H2,1-9H3,(H,32,34). The highest BCUT2D eigenvalue weighted by Gasteiger charge is 2.36. The quantitative estimate of drug-likeness (QED) is 0.346. The Kier molecular flexibility index (Phi) is 8.75. The van der Waals surface area contributed by atoms with Crippen molar-refractivity contribution in [3.05, 3.63) is 40.1 Å². The van der Waals surface area contributed by atoms with Gasteiger partial charge in [0.25, 0.3) is 0 Å². The lowest BCUT2D eigenvalue weighted by molar-refractivity contribution is 0.0428. The number of ether oxygens (including phenoxy) is 2. The molecule has 9 nitrogen and oxygen atoms in total. The third-order valence-corrected chi connectivity index (χ3v) is 6.54. The van der Waals surface area contributed by atoms with Crippen molar-refractivity contribution in [3.8, 4) is 22.7 Å². The number of aromatic nitrogens is 3. The topological polar surface area (TPSA) is 114 Å². The monoisotopic (exact) mass is 552 g/mol. The molecule has 0 spiro atoms. The molecular formula is C29H40N4O5Si. The molecule has 0 aliphatic heterocycles. The van der Waals surface area contributed by atoms with Gasteiger partial charge in [0, 0.05) is 17.3 Å². The van der Waals surface area contributed by atoms with E-state index in [9.17, 15) is 14.4 Å². The lowest BCUT2D eigenvalue weighted by Crippen LogP contribution is -2.44. The van der Waals surface area contributed by atoms with Gasteiger partial charge in [-0.3, -0.25) is 4.79 Å². The lowest BCUT2D eigenvalue weighted by Gasteiger charge is -2.28. The first-order chi connectivity index (χ1) is 17.9. The molecule has 2 heterocycles. The first-order valence-electron chi connectivity index (χ1n) is 13.3. The number of anilines is 1. The zero-order valence-electron chi connectivity index (χ0n) is 24.5. The number of rotatable bonds is 3. The molecule has 0 aromatic carbocycles. The fourth-order valence-electron chi connectivity index (χ4n) is 4.12. The van der Waals surface area contributed by atoms with Crippen molar-refractivity contribution in [3.63, 3.8) is 0 Å². The number of amides is 2. The molecule has 10 heteroatoms. The number of pyridine rings is 1. The highest BCUT2D eigenvalue weighted by Crippen LogP contribution is 2.37. The van der Waals surface area contributed by atoms with E-state index in [2.05, 4.69) is 41.1 Å². The van der Waals surface area contributed by atoms with Gasteiger partial charge in [-0.15, -0.1) is 5.54 Å². The third kappa shape index (κ3) is 8.52. The predicted octanol–water partition coefficient (Wildman–Crippen LogP) is 6.40. The van der Waals surface area contributed by atoms with Gasteiger partial charge >= 0.3 is 12.2 Å². The van der Waals surface area contributed by atoms with E-state index in [0.717, 1.165) is 41.8 Å². The molecule has 1 saturated carbocycles. The van der Waals surface area contributed by atoms with Gasteiger partial charge in [0.2, 0.25) is 5.56 Å². The van der Waals surface area contributed by atoms with Crippen LogP contribution in [0.2, 0.25) is 19.6 Å². The fraction of sp³-hybridized carbons (Fsp3) is 0.552. The van der Waals surface area contributed by atoms with Gasteiger partial charge in [-0.1, -0.05) is 38.4 Å². The van der Waals surface area contributed by atoms with Crippen LogP contribution < -0.4 is 10.5 Å². The van der Waals surface area contributed by atoms with Gasteiger partial charge in [-0.05, 0) is 66.4 Å². The minimum atomic E-state index is -1.89. The third-order valence-electron chi connectivity index (χ3n) is 5.66. The van der Waals surface area contributed by atoms with E-state index in [-0.39, 0.29) is 23.0 Å². The maximum Gasteiger partial charge on any atom is 0.425 e. The van der Waals surface area contributed by atoms with Crippen molar-refractivity contribution >= 4 is 26.1 Å². The second-order valence-corrected chi connectivity index (χ2v) is 17.6. The Morgan fingerprint density at radius 3 is 2.08 bits per heavy atom. The number of carbonyl (C=O) groups excluding carboxylic acids is 2. The van der Waals surface area contributed by atoms with Crippen LogP contribution in [0.4, 0.5) is 15.4 Å². The molecule has 2 aromatic rings. The summed E-state index contributed by atoms with van der Waals surface area (Å²) in [6, 6.07) is 3.20. The van der Waals surface area contributed by atoms with Crippen LogP contribution in [0.3, 0.4) is 0 Å². The van der Waals surface area contributed by atoms with Crippen LogP contribution in [-0.4, -0.2) is 46.4 Å². The molecule has 2 amide bonds. The molecule has 1 aliphatic carbocycles. The SMILES string of the molecule is CC(C)(C)OC(=O)N(C(=O)OC(C)(C)C)c1ncc(-c2ccc(=O)[nH]c2C2CCCC2)nc1C#C[Si](C)(C)C. The molecule has 39 heavy (non-hydrogen) atoms. The molecule has 0 unspecified atom stereocenters. The first-order valence-corrected chi connectivity index (χ1v) is 16.8. The molecule has 3 rings (SSSR count). The Hall–Kier alpha value is -3.45. The largest absolute Gasteiger partial charge is 0.443 e. The van der Waals surface area contributed by atoms with Gasteiger partial charge in [-0.2, -0.15) is 4.90 Å². The highest BCUT2D eigenvalue weighted by molar-refractivity contribution is 6.83. The summed E-state index contributed by atoms with van der Waals surface area (Å²) in [6.45, 7) is 16.5. The van der Waals surface area contributed by atoms with E-state index in [0.29, 0.717) is 5.69 Å². The second-order valence-electron chi connectivity index (χ2n) is 12.9. The Balaban J connectivity index is 2.23. The zero-order chi connectivity index (χ0) is 29.2. The number of nitrogens with zero attached hydrogens (tertiary/aromatic N) is 3. The number of hydrogen-bond acceptors (Lipinski definition) is 7. The Bertz CT molecular complexity index is 1320. The van der Waals surface area contributed by atoms with Crippen LogP contribution in [0.1, 0.15) is 84.5 Å². The summed E-state index contributed by atoms with van der Waals surface area (Å²) in [5.41, 5.74) is 3.55. The number of imide groups is 1. The normalized spacial score (nSPS) is 14.4. The lowest BCUT2D eigenvalue weighted by atomic mass is 9.97. The summed E-state index contributed by atoms with van der Waals surface area (Å²) in [6.07, 6.45) is 3.76. The fourth-order valence-corrected chi connectivity index (χ4v) is 4.61. The summed E-state index contributed by atoms with van der Waals surface area (Å²) < 4.78 is 11.1. The van der Waals surface area contributed by atoms with Gasteiger partial charge in [0.15, 0.2) is 11.5 Å². The van der Waals surface area contributed by atoms with Crippen molar-refractivity contribution in [2.75, 3.05) is 4.90 Å². The van der Waals surface area contributed by atoms with Crippen LogP contribution in [0, 0.1) is 11.5 Å². The molecule has 0 radical (unpaired) electrons. The van der Waals surface area contributed by atoms with E-state index < -0.39 is 31.5 Å². The Morgan fingerprint density at radius 2 is 1.56 bits per heavy atom. The van der Waals surface area contributed by atoms with Gasteiger partial charge in [-0.25, -0.2) is 19.6 Å². The zero-order valence-corrected chi connectivity index (χ0v) is 25.5. The van der Waals surface area contributed by atoms with Crippen LogP contribution in [0.5, 0.6) is 0 Å². The molecule has 0 atom stereocenters. The second kappa shape index (κ2) is 11.3. The van der Waals surface area contributed by atoms with E-state index in [1.807, 2.05) is 0 Å². The number of carbonyl (C=O) groups is 2. The smallest absolute Gasteiger partial charge is 0.425 e. The van der Waals surface area contributed by atoms with E-state index in [1.54, 1.807) is 47.6 Å². The van der Waals surface area contributed by atoms with E-state index >= 15 is 0 Å². The molecule has 1 fully saturated rings. The number of aromatic amines is 1. The Labute approximate surface area is 231 Å². The summed E-state index contributed by atoms with van der Waals surface area (Å²) in [5, 5.41) is 0. The average molecular weight is 553 g/mol. The van der Waals surface area contributed by atoms with Crippen LogP contribution in [0.25, 0.3) is 11.3 Å². The molecule has 2 aromatic heterocycles. The molecular weight excluding hydrogens is 512 g/mol. The van der Waals surface area contributed by atoms with Gasteiger partial charge in [0.05, 0.1) is 11.9 Å². The van der Waals surface area contributed by atoms with Crippen molar-refractivity contribution in [2.24, 2.45) is 0 Å². The molecule has 0 saturated heterocycles. The van der Waals surface area contributed by atoms with Crippen molar-refractivity contribution in [1.29, 1.82) is 0 Å². The number of nitrogens with one attached hydrogen (secondary N) is 1. The van der Waals surface area contributed by atoms with E-state index in [1.165, 1.54) is 12.3 Å². The summed E-state index contributed by atoms with van der Waals surface area (Å²) in [4.78, 5) is 51.9. The van der Waals surface area contributed by atoms with E-state index in [4.69, 9.17) is 14.5 Å². The van der Waals surface area contributed by atoms with Gasteiger partial charge < -0.3 is 14.5 Å². The van der Waals surface area contributed by atoms with Crippen molar-refractivity contribution < 1.29 is 19.1 Å². The maximum absolute atomic E-state index is 13.3.